The van der Waals surface area contributed by atoms with Gasteiger partial charge in [-0.15, -0.1) is 22.7 Å². The average molecular weight is 709 g/mol. The standard InChI is InChI=1S/C22H28N4O6S3.C13H12/c1-14(2)11-26(35(30,31)16-5-6-17-20(8-16)33-13-25-17)18(12-27)19-7-4-15(34-19)9-23-21(28)10-24-22(29)32-3;1-3-7-12(8-4-1)11-13-9-5-2-6-10-13/h4-8,13-14,18,27H,9-12H2,1-3H3,(H,23,28)(H,24,29);1-10H,11H2/t18-;/m1./s1. The fraction of sp³-hybridized carbons (Fsp3) is 0.286. The monoisotopic (exact) mass is 708 g/mol. The van der Waals surface area contributed by atoms with Crippen LogP contribution in [0.2, 0.25) is 0 Å². The minimum Gasteiger partial charge on any atom is -0.453 e. The number of hydrogen-bond acceptors (Lipinski definition) is 9. The third-order valence-electron chi connectivity index (χ3n) is 7.12. The van der Waals surface area contributed by atoms with Crippen molar-refractivity contribution >= 4 is 54.9 Å². The molecule has 48 heavy (non-hydrogen) atoms. The van der Waals surface area contributed by atoms with Crippen LogP contribution in [-0.2, 0) is 32.5 Å². The molecule has 0 radical (unpaired) electrons. The summed E-state index contributed by atoms with van der Waals surface area (Å²) in [5.74, 6) is -0.376. The van der Waals surface area contributed by atoms with Gasteiger partial charge in [-0.3, -0.25) is 4.79 Å². The van der Waals surface area contributed by atoms with Gasteiger partial charge in [0.2, 0.25) is 15.9 Å². The number of rotatable bonds is 13. The molecule has 10 nitrogen and oxygen atoms in total. The smallest absolute Gasteiger partial charge is 0.407 e. The van der Waals surface area contributed by atoms with Crippen LogP contribution in [0.5, 0.6) is 0 Å². The summed E-state index contributed by atoms with van der Waals surface area (Å²) in [6.45, 7) is 3.63. The van der Waals surface area contributed by atoms with E-state index in [1.165, 1.54) is 51.3 Å². The number of carbonyl (C=O) groups is 2. The van der Waals surface area contributed by atoms with E-state index in [1.54, 1.807) is 29.8 Å². The van der Waals surface area contributed by atoms with E-state index in [1.807, 2.05) is 13.8 Å². The summed E-state index contributed by atoms with van der Waals surface area (Å²) in [7, 11) is -2.72. The minimum absolute atomic E-state index is 0.0204. The van der Waals surface area contributed by atoms with Gasteiger partial charge in [-0.05, 0) is 53.8 Å². The number of carbonyl (C=O) groups excluding carboxylic acids is 2. The van der Waals surface area contributed by atoms with Gasteiger partial charge in [0.05, 0.1) is 46.9 Å². The van der Waals surface area contributed by atoms with Gasteiger partial charge >= 0.3 is 6.09 Å². The maximum Gasteiger partial charge on any atom is 0.407 e. The molecule has 0 aliphatic carbocycles. The van der Waals surface area contributed by atoms with Gasteiger partial charge < -0.3 is 20.5 Å². The zero-order valence-corrected chi connectivity index (χ0v) is 29.5. The van der Waals surface area contributed by atoms with Gasteiger partial charge in [0.1, 0.15) is 6.54 Å². The first kappa shape index (κ1) is 36.7. The SMILES string of the molecule is COC(=O)NCC(=O)NCc1ccc([C@@H](CO)N(CC(C)C)S(=O)(=O)c2ccc3ncsc3c2)s1.c1ccc(Cc2ccccc2)cc1. The van der Waals surface area contributed by atoms with E-state index in [9.17, 15) is 23.1 Å². The molecule has 3 aromatic carbocycles. The van der Waals surface area contributed by atoms with Crippen LogP contribution in [0, 0.1) is 5.92 Å². The van der Waals surface area contributed by atoms with E-state index >= 15 is 0 Å². The van der Waals surface area contributed by atoms with Crippen LogP contribution in [0.25, 0.3) is 10.2 Å². The van der Waals surface area contributed by atoms with E-state index in [4.69, 9.17) is 0 Å². The van der Waals surface area contributed by atoms with Crippen LogP contribution in [-0.4, -0.2) is 61.6 Å². The van der Waals surface area contributed by atoms with Crippen LogP contribution >= 0.6 is 22.7 Å². The van der Waals surface area contributed by atoms with E-state index in [0.717, 1.165) is 21.5 Å². The summed E-state index contributed by atoms with van der Waals surface area (Å²) in [4.78, 5) is 28.8. The lowest BCUT2D eigenvalue weighted by Crippen LogP contribution is -2.39. The van der Waals surface area contributed by atoms with Gasteiger partial charge in [0.15, 0.2) is 0 Å². The van der Waals surface area contributed by atoms with Crippen molar-refractivity contribution in [3.63, 3.8) is 0 Å². The Kier molecular flexibility index (Phi) is 13.6. The number of fused-ring (bicyclic) bond motifs is 1. The first-order chi connectivity index (χ1) is 23.1. The number of nitrogens with one attached hydrogen (secondary N) is 2. The summed E-state index contributed by atoms with van der Waals surface area (Å²) in [5, 5.41) is 15.2. The molecule has 13 heteroatoms. The molecule has 2 aromatic heterocycles. The zero-order valence-electron chi connectivity index (χ0n) is 27.0. The number of aliphatic hydroxyl groups is 1. The number of ether oxygens (including phenoxy) is 1. The summed E-state index contributed by atoms with van der Waals surface area (Å²) in [5.41, 5.74) is 5.14. The highest BCUT2D eigenvalue weighted by Gasteiger charge is 2.34. The number of thiazole rings is 1. The molecule has 0 bridgehead atoms. The molecule has 0 fully saturated rings. The Bertz CT molecular complexity index is 1820. The number of nitrogens with zero attached hydrogens (tertiary/aromatic N) is 2. The van der Waals surface area contributed by atoms with Crippen molar-refractivity contribution in [3.05, 3.63) is 117 Å². The van der Waals surface area contributed by atoms with Crippen molar-refractivity contribution in [2.45, 2.75) is 37.8 Å². The van der Waals surface area contributed by atoms with E-state index in [2.05, 4.69) is 81.0 Å². The first-order valence-corrected chi connectivity index (χ1v) is 18.4. The molecular formula is C35H40N4O6S3. The molecule has 254 valence electrons. The molecule has 0 unspecified atom stereocenters. The van der Waals surface area contributed by atoms with Crippen LogP contribution in [0.15, 0.2) is 101 Å². The highest BCUT2D eigenvalue weighted by atomic mass is 32.2. The molecule has 2 amide bonds. The normalized spacial score (nSPS) is 12.0. The lowest BCUT2D eigenvalue weighted by Gasteiger charge is -2.30. The molecule has 0 spiro atoms. The second-order valence-corrected chi connectivity index (χ2v) is 15.2. The number of methoxy groups -OCH3 is 1. The topological polar surface area (TPSA) is 138 Å². The highest BCUT2D eigenvalue weighted by molar-refractivity contribution is 7.89. The van der Waals surface area contributed by atoms with Crippen LogP contribution in [0.1, 0.15) is 40.8 Å². The Morgan fingerprint density at radius 3 is 2.21 bits per heavy atom. The molecule has 5 aromatic rings. The lowest BCUT2D eigenvalue weighted by atomic mass is 10.1. The highest BCUT2D eigenvalue weighted by Crippen LogP contribution is 2.34. The Balaban J connectivity index is 0.000000331. The van der Waals surface area contributed by atoms with E-state index < -0.39 is 34.7 Å². The van der Waals surface area contributed by atoms with Crippen LogP contribution in [0.3, 0.4) is 0 Å². The Hall–Kier alpha value is -4.14. The summed E-state index contributed by atoms with van der Waals surface area (Å²) < 4.78 is 33.9. The molecule has 5 rings (SSSR count). The quantitative estimate of drug-likeness (QED) is 0.137. The van der Waals surface area contributed by atoms with Crippen LogP contribution < -0.4 is 10.6 Å². The van der Waals surface area contributed by atoms with Crippen molar-refractivity contribution in [3.8, 4) is 0 Å². The van der Waals surface area contributed by atoms with Crippen molar-refractivity contribution in [2.75, 3.05) is 26.8 Å². The second-order valence-electron chi connectivity index (χ2n) is 11.2. The summed E-state index contributed by atoms with van der Waals surface area (Å²) in [6, 6.07) is 28.7. The fourth-order valence-corrected chi connectivity index (χ4v) is 8.48. The Labute approximate surface area is 289 Å². The number of aromatic nitrogens is 1. The molecule has 0 saturated carbocycles. The Morgan fingerprint density at radius 2 is 1.60 bits per heavy atom. The predicted molar refractivity (Wildman–Crippen MR) is 190 cm³/mol. The number of aliphatic hydroxyl groups excluding tert-OH is 1. The first-order valence-electron chi connectivity index (χ1n) is 15.3. The molecule has 1 atom stereocenters. The third-order valence-corrected chi connectivity index (χ3v) is 11.0. The number of alkyl carbamates (subject to hydrolysis) is 1. The van der Waals surface area contributed by atoms with Crippen molar-refractivity contribution < 1.29 is 27.9 Å². The van der Waals surface area contributed by atoms with Gasteiger partial charge in [-0.2, -0.15) is 4.31 Å². The largest absolute Gasteiger partial charge is 0.453 e. The lowest BCUT2D eigenvalue weighted by molar-refractivity contribution is -0.120. The average Bonchev–Trinajstić information content (AvgIpc) is 3.77. The van der Waals surface area contributed by atoms with Gasteiger partial charge in [-0.25, -0.2) is 18.2 Å². The van der Waals surface area contributed by atoms with Crippen molar-refractivity contribution in [2.24, 2.45) is 5.92 Å². The van der Waals surface area contributed by atoms with Crippen LogP contribution in [0.4, 0.5) is 4.79 Å². The van der Waals surface area contributed by atoms with Gasteiger partial charge in [0.25, 0.3) is 0 Å². The van der Waals surface area contributed by atoms with E-state index in [0.29, 0.717) is 4.88 Å². The maximum absolute atomic E-state index is 13.7. The Morgan fingerprint density at radius 1 is 0.938 bits per heavy atom. The van der Waals surface area contributed by atoms with Gasteiger partial charge in [0, 0.05) is 16.3 Å². The zero-order chi connectivity index (χ0) is 34.5. The molecule has 0 aliphatic rings. The van der Waals surface area contributed by atoms with E-state index in [-0.39, 0.29) is 30.4 Å². The second kappa shape index (κ2) is 17.9. The number of hydrogen-bond donors (Lipinski definition) is 3. The van der Waals surface area contributed by atoms with Crippen molar-refractivity contribution in [1.29, 1.82) is 0 Å². The molecule has 0 saturated heterocycles. The molecule has 2 heterocycles. The summed E-state index contributed by atoms with van der Waals surface area (Å²) in [6.07, 6.45) is 0.326. The molecule has 0 aliphatic heterocycles. The number of amides is 2. The number of sulfonamides is 1. The fourth-order valence-electron chi connectivity index (χ4n) is 4.78. The minimum atomic E-state index is -3.92. The third kappa shape index (κ3) is 10.4. The number of benzene rings is 3. The maximum atomic E-state index is 13.7. The van der Waals surface area contributed by atoms with Crippen molar-refractivity contribution in [1.82, 2.24) is 19.9 Å². The predicted octanol–water partition coefficient (Wildman–Crippen LogP) is 5.99. The molecular weight excluding hydrogens is 669 g/mol. The summed E-state index contributed by atoms with van der Waals surface area (Å²) >= 11 is 2.67. The number of thiophene rings is 1. The molecule has 3 N–H and O–H groups in total. The van der Waals surface area contributed by atoms with Gasteiger partial charge in [-0.1, -0.05) is 74.5 Å².